The fourth-order valence-corrected chi connectivity index (χ4v) is 4.77. The van der Waals surface area contributed by atoms with Crippen LogP contribution in [0.3, 0.4) is 0 Å². The molecule has 0 fully saturated rings. The first-order chi connectivity index (χ1) is 13.5. The van der Waals surface area contributed by atoms with Crippen LogP contribution in [0.5, 0.6) is 11.5 Å². The smallest absolute Gasteiger partial charge is 0.387 e. The van der Waals surface area contributed by atoms with Crippen LogP contribution in [-0.2, 0) is 12.8 Å². The van der Waals surface area contributed by atoms with Gasteiger partial charge in [0, 0.05) is 4.88 Å². The number of thiophene rings is 1. The zero-order valence-electron chi connectivity index (χ0n) is 14.7. The summed E-state index contributed by atoms with van der Waals surface area (Å²) in [6, 6.07) is 4.43. The van der Waals surface area contributed by atoms with Crippen LogP contribution >= 0.6 is 22.9 Å². The number of rotatable bonds is 5. The first-order valence-electron chi connectivity index (χ1n) is 8.51. The minimum absolute atomic E-state index is 0.0770. The second kappa shape index (κ2) is 7.52. The molecule has 0 saturated carbocycles. The van der Waals surface area contributed by atoms with E-state index in [4.69, 9.17) is 16.3 Å². The molecule has 1 N–H and O–H groups in total. The Balaban J connectivity index is 1.70. The molecule has 146 valence electrons. The number of nitrogens with zero attached hydrogens (tertiary/aromatic N) is 1. The zero-order chi connectivity index (χ0) is 19.8. The summed E-state index contributed by atoms with van der Waals surface area (Å²) in [5.74, 6) is 0.322. The normalized spacial score (nSPS) is 14.0. The molecule has 9 heteroatoms. The molecule has 2 heterocycles. The van der Waals surface area contributed by atoms with Crippen LogP contribution in [0.15, 0.2) is 23.0 Å². The maximum absolute atomic E-state index is 12.5. The van der Waals surface area contributed by atoms with Gasteiger partial charge in [-0.05, 0) is 48.6 Å². The van der Waals surface area contributed by atoms with Crippen molar-refractivity contribution in [2.24, 2.45) is 0 Å². The lowest BCUT2D eigenvalue weighted by atomic mass is 10.2. The van der Waals surface area contributed by atoms with Gasteiger partial charge in [-0.3, -0.25) is 4.79 Å². The summed E-state index contributed by atoms with van der Waals surface area (Å²) in [6.07, 6.45) is 4.51. The summed E-state index contributed by atoms with van der Waals surface area (Å²) in [5.41, 5.74) is 1.48. The highest BCUT2D eigenvalue weighted by Gasteiger charge is 2.21. The predicted molar refractivity (Wildman–Crippen MR) is 106 cm³/mol. The minimum atomic E-state index is -2.95. The van der Waals surface area contributed by atoms with Crippen molar-refractivity contribution in [2.75, 3.05) is 7.11 Å². The summed E-state index contributed by atoms with van der Waals surface area (Å²) >= 11 is 7.90. The van der Waals surface area contributed by atoms with Gasteiger partial charge >= 0.3 is 6.61 Å². The first kappa shape index (κ1) is 18.9. The standard InChI is InChI=1S/C19H15ClF2N2O3S/c1-26-13-8-9(5-6-12(13)27-19(21)22)7-11(20)16-23-17(25)15-10-3-2-4-14(10)28-18(15)24-16/h5-8,19H,2-4H2,1H3,(H,23,24,25)/b11-7-. The molecule has 2 aromatic heterocycles. The van der Waals surface area contributed by atoms with Gasteiger partial charge in [-0.1, -0.05) is 17.7 Å². The number of halogens is 3. The van der Waals surface area contributed by atoms with E-state index in [0.717, 1.165) is 24.8 Å². The maximum atomic E-state index is 12.5. The van der Waals surface area contributed by atoms with Gasteiger partial charge in [0.1, 0.15) is 4.83 Å². The summed E-state index contributed by atoms with van der Waals surface area (Å²) < 4.78 is 34.4. The number of ether oxygens (including phenoxy) is 2. The van der Waals surface area contributed by atoms with Crippen LogP contribution in [-0.4, -0.2) is 23.7 Å². The Morgan fingerprint density at radius 3 is 2.93 bits per heavy atom. The van der Waals surface area contributed by atoms with Crippen LogP contribution in [0.4, 0.5) is 8.78 Å². The lowest BCUT2D eigenvalue weighted by Gasteiger charge is -2.10. The summed E-state index contributed by atoms with van der Waals surface area (Å²) in [4.78, 5) is 21.7. The topological polar surface area (TPSA) is 64.2 Å². The van der Waals surface area contributed by atoms with Gasteiger partial charge in [0.05, 0.1) is 17.5 Å². The van der Waals surface area contributed by atoms with Crippen molar-refractivity contribution < 1.29 is 18.3 Å². The molecule has 0 saturated heterocycles. The van der Waals surface area contributed by atoms with Crippen molar-refractivity contribution >= 4 is 44.3 Å². The third-order valence-electron chi connectivity index (χ3n) is 4.50. The van der Waals surface area contributed by atoms with Gasteiger partial charge in [-0.15, -0.1) is 11.3 Å². The molecular formula is C19H15ClF2N2O3S. The number of aromatic nitrogens is 2. The van der Waals surface area contributed by atoms with E-state index in [1.54, 1.807) is 12.1 Å². The number of methoxy groups -OCH3 is 1. The number of fused-ring (bicyclic) bond motifs is 3. The van der Waals surface area contributed by atoms with E-state index in [-0.39, 0.29) is 27.9 Å². The Bertz CT molecular complexity index is 1140. The highest BCUT2D eigenvalue weighted by molar-refractivity contribution is 7.18. The van der Waals surface area contributed by atoms with Crippen LogP contribution in [0.25, 0.3) is 21.3 Å². The average molecular weight is 425 g/mol. The van der Waals surface area contributed by atoms with Crippen LogP contribution in [0, 0.1) is 0 Å². The fraction of sp³-hybridized carbons (Fsp3) is 0.263. The van der Waals surface area contributed by atoms with E-state index in [1.165, 1.54) is 35.5 Å². The monoisotopic (exact) mass is 424 g/mol. The van der Waals surface area contributed by atoms with Crippen LogP contribution in [0.1, 0.15) is 28.2 Å². The van der Waals surface area contributed by atoms with Gasteiger partial charge < -0.3 is 14.5 Å². The van der Waals surface area contributed by atoms with E-state index >= 15 is 0 Å². The molecule has 0 bridgehead atoms. The second-order valence-electron chi connectivity index (χ2n) is 6.23. The lowest BCUT2D eigenvalue weighted by Crippen LogP contribution is -2.10. The number of aryl methyl sites for hydroxylation is 2. The minimum Gasteiger partial charge on any atom is -0.493 e. The molecule has 0 unspecified atom stereocenters. The lowest BCUT2D eigenvalue weighted by molar-refractivity contribution is -0.0512. The molecule has 0 radical (unpaired) electrons. The van der Waals surface area contributed by atoms with Crippen molar-refractivity contribution in [3.8, 4) is 11.5 Å². The Hall–Kier alpha value is -2.45. The van der Waals surface area contributed by atoms with Gasteiger partial charge in [-0.25, -0.2) is 4.98 Å². The Morgan fingerprint density at radius 1 is 1.36 bits per heavy atom. The van der Waals surface area contributed by atoms with Gasteiger partial charge in [-0.2, -0.15) is 8.78 Å². The van der Waals surface area contributed by atoms with Crippen molar-refractivity contribution in [2.45, 2.75) is 25.9 Å². The highest BCUT2D eigenvalue weighted by atomic mass is 35.5. The molecule has 3 aromatic rings. The number of nitrogens with one attached hydrogen (secondary N) is 1. The fourth-order valence-electron chi connectivity index (χ4n) is 3.30. The third kappa shape index (κ3) is 3.49. The van der Waals surface area contributed by atoms with Crippen molar-refractivity contribution in [1.82, 2.24) is 9.97 Å². The second-order valence-corrected chi connectivity index (χ2v) is 7.72. The number of alkyl halides is 2. The predicted octanol–water partition coefficient (Wildman–Crippen LogP) is 4.82. The molecule has 28 heavy (non-hydrogen) atoms. The molecule has 1 aliphatic carbocycles. The molecule has 0 amide bonds. The van der Waals surface area contributed by atoms with Gasteiger partial charge in [0.2, 0.25) is 0 Å². The SMILES string of the molecule is COc1cc(/C=C(\Cl)c2nc3sc4c(c3c(=O)[nH]2)CCC4)ccc1OC(F)F. The number of hydrogen-bond donors (Lipinski definition) is 1. The van der Waals surface area contributed by atoms with Crippen molar-refractivity contribution in [3.63, 3.8) is 0 Å². The molecule has 0 atom stereocenters. The summed E-state index contributed by atoms with van der Waals surface area (Å²) in [5, 5.41) is 0.873. The Kier molecular flexibility index (Phi) is 5.07. The van der Waals surface area contributed by atoms with Crippen molar-refractivity contribution in [1.29, 1.82) is 0 Å². The summed E-state index contributed by atoms with van der Waals surface area (Å²) in [7, 11) is 1.35. The molecule has 0 spiro atoms. The first-order valence-corrected chi connectivity index (χ1v) is 9.70. The van der Waals surface area contributed by atoms with Crippen LogP contribution < -0.4 is 15.0 Å². The number of hydrogen-bond acceptors (Lipinski definition) is 5. The molecule has 1 aromatic carbocycles. The maximum Gasteiger partial charge on any atom is 0.387 e. The van der Waals surface area contributed by atoms with E-state index in [1.807, 2.05) is 0 Å². The van der Waals surface area contributed by atoms with E-state index in [9.17, 15) is 13.6 Å². The van der Waals surface area contributed by atoms with Gasteiger partial charge in [0.15, 0.2) is 17.3 Å². The molecule has 5 nitrogen and oxygen atoms in total. The van der Waals surface area contributed by atoms with Crippen molar-refractivity contribution in [3.05, 3.63) is 50.4 Å². The summed E-state index contributed by atoms with van der Waals surface area (Å²) in [6.45, 7) is -2.95. The Labute approximate surface area is 167 Å². The molecule has 1 aliphatic rings. The zero-order valence-corrected chi connectivity index (χ0v) is 16.3. The molecule has 0 aliphatic heterocycles. The van der Waals surface area contributed by atoms with E-state index < -0.39 is 6.61 Å². The number of aromatic amines is 1. The average Bonchev–Trinajstić information content (AvgIpc) is 3.23. The Morgan fingerprint density at radius 2 is 2.18 bits per heavy atom. The molecular weight excluding hydrogens is 410 g/mol. The quantitative estimate of drug-likeness (QED) is 0.637. The van der Waals surface area contributed by atoms with Crippen LogP contribution in [0.2, 0.25) is 0 Å². The largest absolute Gasteiger partial charge is 0.493 e. The molecule has 4 rings (SSSR count). The van der Waals surface area contributed by atoms with E-state index in [0.29, 0.717) is 15.8 Å². The number of benzene rings is 1. The van der Waals surface area contributed by atoms with E-state index in [2.05, 4.69) is 14.7 Å². The third-order valence-corrected chi connectivity index (χ3v) is 5.97. The number of H-pyrrole nitrogens is 1. The highest BCUT2D eigenvalue weighted by Crippen LogP contribution is 2.35. The van der Waals surface area contributed by atoms with Gasteiger partial charge in [0.25, 0.3) is 5.56 Å².